The second kappa shape index (κ2) is 3.95. The van der Waals surface area contributed by atoms with Gasteiger partial charge in [-0.15, -0.1) is 0 Å². The molecule has 0 spiro atoms. The molecule has 2 aliphatic carbocycles. The predicted molar refractivity (Wildman–Crippen MR) is 52.6 cm³/mol. The molecular weight excluding hydrogens is 164 g/mol. The lowest BCUT2D eigenvalue weighted by atomic mass is 9.86. The molecule has 2 aliphatic rings. The zero-order valence-corrected chi connectivity index (χ0v) is 8.41. The summed E-state index contributed by atoms with van der Waals surface area (Å²) in [5.74, 6) is 0. The normalized spacial score (nSPS) is 33.5. The highest BCUT2D eigenvalue weighted by Gasteiger charge is 2.38. The number of hydrogen-bond acceptors (Lipinski definition) is 3. The highest BCUT2D eigenvalue weighted by atomic mass is 16.5. The molecule has 0 heterocycles. The molecule has 0 saturated heterocycles. The van der Waals surface area contributed by atoms with E-state index in [-0.39, 0.29) is 0 Å². The zero-order chi connectivity index (χ0) is 9.26. The third kappa shape index (κ3) is 2.22. The monoisotopic (exact) mass is 184 g/mol. The summed E-state index contributed by atoms with van der Waals surface area (Å²) in [5.41, 5.74) is 5.80. The largest absolute Gasteiger partial charge is 0.383 e. The molecule has 2 saturated carbocycles. The van der Waals surface area contributed by atoms with Crippen molar-refractivity contribution in [1.82, 2.24) is 4.90 Å². The lowest BCUT2D eigenvalue weighted by Gasteiger charge is -2.41. The van der Waals surface area contributed by atoms with Gasteiger partial charge in [0.15, 0.2) is 0 Å². The Kier molecular flexibility index (Phi) is 2.86. The van der Waals surface area contributed by atoms with E-state index in [1.54, 1.807) is 7.11 Å². The van der Waals surface area contributed by atoms with Gasteiger partial charge >= 0.3 is 0 Å². The molecule has 2 rings (SSSR count). The van der Waals surface area contributed by atoms with Gasteiger partial charge in [-0.25, -0.2) is 0 Å². The Hall–Kier alpha value is -0.120. The molecule has 0 aromatic heterocycles. The van der Waals surface area contributed by atoms with Crippen molar-refractivity contribution < 1.29 is 4.74 Å². The molecule has 0 amide bonds. The highest BCUT2D eigenvalue weighted by Crippen LogP contribution is 2.34. The van der Waals surface area contributed by atoms with Crippen LogP contribution in [0.5, 0.6) is 0 Å². The van der Waals surface area contributed by atoms with Crippen LogP contribution in [0.1, 0.15) is 25.7 Å². The van der Waals surface area contributed by atoms with Gasteiger partial charge in [0.05, 0.1) is 6.61 Å². The molecule has 13 heavy (non-hydrogen) atoms. The number of nitrogens with zero attached hydrogens (tertiary/aromatic N) is 1. The minimum Gasteiger partial charge on any atom is -0.383 e. The number of hydrogen-bond donors (Lipinski definition) is 1. The standard InChI is InChI=1S/C10H20N2O/c1-13-5-4-12(9-2-3-9)10-6-8(11)7-10/h8-10H,2-7,11H2,1H3. The predicted octanol–water partition coefficient (Wildman–Crippen LogP) is 0.587. The van der Waals surface area contributed by atoms with Gasteiger partial charge in [-0.3, -0.25) is 4.90 Å². The summed E-state index contributed by atoms with van der Waals surface area (Å²) < 4.78 is 5.12. The third-order valence-electron chi connectivity index (χ3n) is 3.19. The van der Waals surface area contributed by atoms with E-state index in [1.165, 1.54) is 25.7 Å². The second-order valence-electron chi connectivity index (χ2n) is 4.35. The summed E-state index contributed by atoms with van der Waals surface area (Å²) in [7, 11) is 1.78. The molecule has 0 bridgehead atoms. The fourth-order valence-corrected chi connectivity index (χ4v) is 2.17. The summed E-state index contributed by atoms with van der Waals surface area (Å²) >= 11 is 0. The van der Waals surface area contributed by atoms with Gasteiger partial charge < -0.3 is 10.5 Å². The topological polar surface area (TPSA) is 38.5 Å². The van der Waals surface area contributed by atoms with Crippen molar-refractivity contribution in [2.45, 2.75) is 43.8 Å². The fourth-order valence-electron chi connectivity index (χ4n) is 2.17. The Morgan fingerprint density at radius 3 is 2.46 bits per heavy atom. The van der Waals surface area contributed by atoms with Crippen molar-refractivity contribution >= 4 is 0 Å². The number of ether oxygens (including phenoxy) is 1. The van der Waals surface area contributed by atoms with Gasteiger partial charge in [-0.05, 0) is 25.7 Å². The van der Waals surface area contributed by atoms with E-state index in [1.807, 2.05) is 0 Å². The molecular formula is C10H20N2O. The van der Waals surface area contributed by atoms with Gasteiger partial charge in [0.25, 0.3) is 0 Å². The van der Waals surface area contributed by atoms with Crippen molar-refractivity contribution in [3.05, 3.63) is 0 Å². The summed E-state index contributed by atoms with van der Waals surface area (Å²) in [5, 5.41) is 0. The van der Waals surface area contributed by atoms with Gasteiger partial charge in [-0.2, -0.15) is 0 Å². The Morgan fingerprint density at radius 2 is 2.00 bits per heavy atom. The Morgan fingerprint density at radius 1 is 1.31 bits per heavy atom. The molecule has 2 fully saturated rings. The first kappa shape index (κ1) is 9.44. The average Bonchev–Trinajstić information content (AvgIpc) is 2.85. The number of rotatable bonds is 5. The van der Waals surface area contributed by atoms with E-state index in [2.05, 4.69) is 4.90 Å². The Balaban J connectivity index is 1.76. The number of nitrogens with two attached hydrogens (primary N) is 1. The first-order chi connectivity index (χ1) is 6.31. The molecule has 3 nitrogen and oxygen atoms in total. The van der Waals surface area contributed by atoms with E-state index in [0.717, 1.165) is 25.2 Å². The molecule has 0 atom stereocenters. The van der Waals surface area contributed by atoms with E-state index in [0.29, 0.717) is 6.04 Å². The Bertz CT molecular complexity index is 164. The van der Waals surface area contributed by atoms with E-state index in [9.17, 15) is 0 Å². The maximum atomic E-state index is 5.80. The molecule has 0 aliphatic heterocycles. The van der Waals surface area contributed by atoms with Gasteiger partial charge in [0.2, 0.25) is 0 Å². The first-order valence-corrected chi connectivity index (χ1v) is 5.31. The van der Waals surface area contributed by atoms with Crippen molar-refractivity contribution in [3.8, 4) is 0 Å². The van der Waals surface area contributed by atoms with Gasteiger partial charge in [-0.1, -0.05) is 0 Å². The zero-order valence-electron chi connectivity index (χ0n) is 8.41. The fraction of sp³-hybridized carbons (Fsp3) is 1.00. The SMILES string of the molecule is COCCN(C1CC1)C1CC(N)C1. The van der Waals surface area contributed by atoms with Crippen molar-refractivity contribution in [2.75, 3.05) is 20.3 Å². The van der Waals surface area contributed by atoms with Gasteiger partial charge in [0.1, 0.15) is 0 Å². The molecule has 76 valence electrons. The van der Waals surface area contributed by atoms with Crippen LogP contribution in [0.4, 0.5) is 0 Å². The van der Waals surface area contributed by atoms with Crippen LogP contribution in [0, 0.1) is 0 Å². The van der Waals surface area contributed by atoms with Crippen LogP contribution in [0.25, 0.3) is 0 Å². The lowest BCUT2D eigenvalue weighted by Crippen LogP contribution is -2.52. The molecule has 2 N–H and O–H groups in total. The van der Waals surface area contributed by atoms with Crippen molar-refractivity contribution in [1.29, 1.82) is 0 Å². The van der Waals surface area contributed by atoms with E-state index >= 15 is 0 Å². The van der Waals surface area contributed by atoms with Crippen LogP contribution in [-0.2, 0) is 4.74 Å². The molecule has 0 unspecified atom stereocenters. The van der Waals surface area contributed by atoms with Crippen LogP contribution in [0.3, 0.4) is 0 Å². The van der Waals surface area contributed by atoms with Crippen molar-refractivity contribution in [2.24, 2.45) is 5.73 Å². The lowest BCUT2D eigenvalue weighted by molar-refractivity contribution is 0.0685. The highest BCUT2D eigenvalue weighted by molar-refractivity contribution is 4.96. The van der Waals surface area contributed by atoms with Gasteiger partial charge in [0, 0.05) is 31.8 Å². The van der Waals surface area contributed by atoms with E-state index in [4.69, 9.17) is 10.5 Å². The van der Waals surface area contributed by atoms with Crippen molar-refractivity contribution in [3.63, 3.8) is 0 Å². The Labute approximate surface area is 80.2 Å². The summed E-state index contributed by atoms with van der Waals surface area (Å²) in [6.45, 7) is 1.96. The maximum Gasteiger partial charge on any atom is 0.0589 e. The minimum atomic E-state index is 0.466. The summed E-state index contributed by atoms with van der Waals surface area (Å²) in [4.78, 5) is 2.60. The molecule has 0 radical (unpaired) electrons. The second-order valence-corrected chi connectivity index (χ2v) is 4.35. The average molecular weight is 184 g/mol. The minimum absolute atomic E-state index is 0.466. The van der Waals surface area contributed by atoms with E-state index < -0.39 is 0 Å². The quantitative estimate of drug-likeness (QED) is 0.679. The number of methoxy groups -OCH3 is 1. The van der Waals surface area contributed by atoms with Crippen LogP contribution in [0.2, 0.25) is 0 Å². The van der Waals surface area contributed by atoms with Crippen LogP contribution in [0.15, 0.2) is 0 Å². The first-order valence-electron chi connectivity index (χ1n) is 5.31. The summed E-state index contributed by atoms with van der Waals surface area (Å²) in [6.07, 6.45) is 5.16. The smallest absolute Gasteiger partial charge is 0.0589 e. The molecule has 3 heteroatoms. The van der Waals surface area contributed by atoms with Crippen LogP contribution < -0.4 is 5.73 Å². The van der Waals surface area contributed by atoms with Crippen LogP contribution >= 0.6 is 0 Å². The third-order valence-corrected chi connectivity index (χ3v) is 3.19. The summed E-state index contributed by atoms with van der Waals surface area (Å²) in [6, 6.07) is 2.08. The maximum absolute atomic E-state index is 5.80. The van der Waals surface area contributed by atoms with Crippen LogP contribution in [-0.4, -0.2) is 43.3 Å². The molecule has 0 aromatic carbocycles. The molecule has 0 aromatic rings.